The third kappa shape index (κ3) is 3.37. The fraction of sp³-hybridized carbons (Fsp3) is 0.500. The molecule has 1 fully saturated rings. The van der Waals surface area contributed by atoms with Crippen LogP contribution in [0.4, 0.5) is 4.39 Å². The number of rotatable bonds is 4. The Morgan fingerprint density at radius 2 is 2.00 bits per heavy atom. The fourth-order valence-electron chi connectivity index (χ4n) is 2.22. The van der Waals surface area contributed by atoms with Crippen molar-refractivity contribution in [1.29, 1.82) is 0 Å². The number of Topliss-reactive ketones (excluding diaryl/α,β-unsaturated/α-hetero) is 1. The van der Waals surface area contributed by atoms with Crippen molar-refractivity contribution in [2.75, 3.05) is 19.6 Å². The van der Waals surface area contributed by atoms with Gasteiger partial charge in [-0.25, -0.2) is 4.39 Å². The second-order valence-electron chi connectivity index (χ2n) is 4.73. The van der Waals surface area contributed by atoms with E-state index in [2.05, 4.69) is 4.90 Å². The lowest BCUT2D eigenvalue weighted by atomic mass is 10.1. The summed E-state index contributed by atoms with van der Waals surface area (Å²) >= 11 is 0. The molecule has 0 spiro atoms. The summed E-state index contributed by atoms with van der Waals surface area (Å²) in [5, 5.41) is 9.38. The molecule has 0 amide bonds. The van der Waals surface area contributed by atoms with Crippen LogP contribution >= 0.6 is 0 Å². The van der Waals surface area contributed by atoms with Crippen LogP contribution in [-0.2, 0) is 0 Å². The molecule has 2 rings (SSSR count). The van der Waals surface area contributed by atoms with Crippen molar-refractivity contribution >= 4 is 5.78 Å². The summed E-state index contributed by atoms with van der Waals surface area (Å²) in [6.07, 6.45) is 1.64. The van der Waals surface area contributed by atoms with Gasteiger partial charge in [-0.3, -0.25) is 4.79 Å². The highest BCUT2D eigenvalue weighted by Crippen LogP contribution is 2.13. The van der Waals surface area contributed by atoms with Crippen LogP contribution in [0.1, 0.15) is 29.6 Å². The van der Waals surface area contributed by atoms with Crippen molar-refractivity contribution in [3.05, 3.63) is 35.6 Å². The number of carbonyl (C=O) groups is 1. The maximum absolute atomic E-state index is 13.4. The Kier molecular flexibility index (Phi) is 4.44. The van der Waals surface area contributed by atoms with E-state index in [1.807, 2.05) is 0 Å². The van der Waals surface area contributed by atoms with E-state index in [9.17, 15) is 14.3 Å². The minimum atomic E-state index is -0.448. The molecule has 1 heterocycles. The van der Waals surface area contributed by atoms with Crippen LogP contribution in [0.5, 0.6) is 0 Å². The van der Waals surface area contributed by atoms with Crippen LogP contribution in [0.25, 0.3) is 0 Å². The number of nitrogens with zero attached hydrogens (tertiary/aromatic N) is 1. The summed E-state index contributed by atoms with van der Waals surface area (Å²) in [4.78, 5) is 14.0. The number of ketones is 1. The molecule has 0 radical (unpaired) electrons. The van der Waals surface area contributed by atoms with Crippen molar-refractivity contribution < 1.29 is 14.3 Å². The van der Waals surface area contributed by atoms with E-state index in [0.717, 1.165) is 25.9 Å². The van der Waals surface area contributed by atoms with Crippen LogP contribution in [0.3, 0.4) is 0 Å². The molecule has 1 aliphatic heterocycles. The number of aliphatic hydroxyl groups excluding tert-OH is 1. The van der Waals surface area contributed by atoms with E-state index in [-0.39, 0.29) is 17.5 Å². The van der Waals surface area contributed by atoms with Gasteiger partial charge in [0.05, 0.1) is 11.7 Å². The lowest BCUT2D eigenvalue weighted by Gasteiger charge is -2.29. The third-order valence-electron chi connectivity index (χ3n) is 3.39. The first kappa shape index (κ1) is 13.2. The number of hydrogen-bond acceptors (Lipinski definition) is 3. The normalized spacial score (nSPS) is 17.9. The van der Waals surface area contributed by atoms with Crippen molar-refractivity contribution in [2.24, 2.45) is 0 Å². The Labute approximate surface area is 106 Å². The molecule has 0 atom stereocenters. The van der Waals surface area contributed by atoms with Gasteiger partial charge in [0.1, 0.15) is 5.82 Å². The summed E-state index contributed by atoms with van der Waals surface area (Å²) in [5.74, 6) is -0.601. The van der Waals surface area contributed by atoms with Gasteiger partial charge in [0.15, 0.2) is 5.78 Å². The molecule has 1 aromatic carbocycles. The Morgan fingerprint density at radius 3 is 2.67 bits per heavy atom. The number of hydrogen-bond donors (Lipinski definition) is 1. The summed E-state index contributed by atoms with van der Waals surface area (Å²) < 4.78 is 13.4. The zero-order valence-corrected chi connectivity index (χ0v) is 10.3. The second-order valence-corrected chi connectivity index (χ2v) is 4.73. The minimum Gasteiger partial charge on any atom is -0.393 e. The maximum Gasteiger partial charge on any atom is 0.167 e. The lowest BCUT2D eigenvalue weighted by Crippen LogP contribution is -2.37. The third-order valence-corrected chi connectivity index (χ3v) is 3.39. The smallest absolute Gasteiger partial charge is 0.167 e. The first-order chi connectivity index (χ1) is 8.66. The molecule has 0 bridgehead atoms. The molecule has 1 aromatic rings. The van der Waals surface area contributed by atoms with Gasteiger partial charge < -0.3 is 10.0 Å². The molecule has 1 N–H and O–H groups in total. The maximum atomic E-state index is 13.4. The van der Waals surface area contributed by atoms with E-state index in [0.29, 0.717) is 13.0 Å². The molecular weight excluding hydrogens is 233 g/mol. The van der Waals surface area contributed by atoms with Gasteiger partial charge in [0.25, 0.3) is 0 Å². The van der Waals surface area contributed by atoms with Crippen LogP contribution in [0.15, 0.2) is 24.3 Å². The topological polar surface area (TPSA) is 40.5 Å². The number of likely N-dealkylation sites (tertiary alicyclic amines) is 1. The SMILES string of the molecule is O=C(CCN1CCC(O)CC1)c1ccccc1F. The van der Waals surface area contributed by atoms with E-state index < -0.39 is 5.82 Å². The quantitative estimate of drug-likeness (QED) is 0.830. The second kappa shape index (κ2) is 6.07. The first-order valence-electron chi connectivity index (χ1n) is 6.35. The Morgan fingerprint density at radius 1 is 1.33 bits per heavy atom. The van der Waals surface area contributed by atoms with E-state index >= 15 is 0 Å². The van der Waals surface area contributed by atoms with E-state index in [1.165, 1.54) is 12.1 Å². The Hall–Kier alpha value is -1.26. The predicted molar refractivity (Wildman–Crippen MR) is 67.0 cm³/mol. The van der Waals surface area contributed by atoms with Gasteiger partial charge in [-0.2, -0.15) is 0 Å². The summed E-state index contributed by atoms with van der Waals surface area (Å²) in [5.41, 5.74) is 0.176. The summed E-state index contributed by atoms with van der Waals surface area (Å²) in [7, 11) is 0. The minimum absolute atomic E-state index is 0.153. The summed E-state index contributed by atoms with van der Waals surface area (Å²) in [6, 6.07) is 6.09. The lowest BCUT2D eigenvalue weighted by molar-refractivity contribution is 0.0777. The van der Waals surface area contributed by atoms with Crippen LogP contribution in [0.2, 0.25) is 0 Å². The first-order valence-corrected chi connectivity index (χ1v) is 6.35. The van der Waals surface area contributed by atoms with Gasteiger partial charge in [-0.05, 0) is 25.0 Å². The monoisotopic (exact) mass is 251 g/mol. The Bertz CT molecular complexity index is 414. The average molecular weight is 251 g/mol. The van der Waals surface area contributed by atoms with Gasteiger partial charge >= 0.3 is 0 Å². The van der Waals surface area contributed by atoms with Gasteiger partial charge in [-0.15, -0.1) is 0 Å². The zero-order chi connectivity index (χ0) is 13.0. The standard InChI is InChI=1S/C14H18FNO2/c15-13-4-2-1-3-12(13)14(18)7-10-16-8-5-11(17)6-9-16/h1-4,11,17H,5-10H2. The number of halogens is 1. The highest BCUT2D eigenvalue weighted by Gasteiger charge is 2.18. The van der Waals surface area contributed by atoms with Crippen LogP contribution in [-0.4, -0.2) is 41.5 Å². The molecule has 1 saturated heterocycles. The summed E-state index contributed by atoms with van der Waals surface area (Å²) in [6.45, 7) is 2.26. The molecule has 1 aliphatic rings. The van der Waals surface area contributed by atoms with E-state index in [1.54, 1.807) is 12.1 Å². The molecular formula is C14H18FNO2. The number of benzene rings is 1. The number of piperidine rings is 1. The molecule has 18 heavy (non-hydrogen) atoms. The molecule has 0 unspecified atom stereocenters. The molecule has 4 heteroatoms. The molecule has 0 saturated carbocycles. The number of aliphatic hydroxyl groups is 1. The van der Waals surface area contributed by atoms with Gasteiger partial charge in [0, 0.05) is 26.1 Å². The highest BCUT2D eigenvalue weighted by molar-refractivity contribution is 5.96. The number of carbonyl (C=O) groups excluding carboxylic acids is 1. The Balaban J connectivity index is 1.84. The van der Waals surface area contributed by atoms with Gasteiger partial charge in [-0.1, -0.05) is 12.1 Å². The van der Waals surface area contributed by atoms with E-state index in [4.69, 9.17) is 0 Å². The average Bonchev–Trinajstić information content (AvgIpc) is 2.38. The van der Waals surface area contributed by atoms with Crippen molar-refractivity contribution in [2.45, 2.75) is 25.4 Å². The molecule has 3 nitrogen and oxygen atoms in total. The highest BCUT2D eigenvalue weighted by atomic mass is 19.1. The predicted octanol–water partition coefficient (Wildman–Crippen LogP) is 1.86. The fourth-order valence-corrected chi connectivity index (χ4v) is 2.22. The van der Waals surface area contributed by atoms with Gasteiger partial charge in [0.2, 0.25) is 0 Å². The zero-order valence-electron chi connectivity index (χ0n) is 10.3. The molecule has 0 aromatic heterocycles. The van der Waals surface area contributed by atoms with Crippen molar-refractivity contribution in [3.63, 3.8) is 0 Å². The van der Waals surface area contributed by atoms with Crippen LogP contribution < -0.4 is 0 Å². The largest absolute Gasteiger partial charge is 0.393 e. The van der Waals surface area contributed by atoms with Crippen molar-refractivity contribution in [1.82, 2.24) is 4.90 Å². The molecule has 98 valence electrons. The van der Waals surface area contributed by atoms with Crippen molar-refractivity contribution in [3.8, 4) is 0 Å². The molecule has 0 aliphatic carbocycles. The van der Waals surface area contributed by atoms with Crippen LogP contribution in [0, 0.1) is 5.82 Å².